The lowest BCUT2D eigenvalue weighted by atomic mass is 10.1. The average molecular weight is 188 g/mol. The summed E-state index contributed by atoms with van der Waals surface area (Å²) in [5.41, 5.74) is 4.01. The number of hydrogen-bond donors (Lipinski definition) is 1. The molecule has 3 heteroatoms. The molecule has 0 unspecified atom stereocenters. The molecular formula is C11H12N2O. The number of nitrogens with one attached hydrogen (secondary N) is 1. The fraction of sp³-hybridized carbons (Fsp3) is 0.182. The molecule has 0 amide bonds. The van der Waals surface area contributed by atoms with Crippen LogP contribution in [0.1, 0.15) is 5.56 Å². The lowest BCUT2D eigenvalue weighted by molar-refractivity contribution is 0.0867. The van der Waals surface area contributed by atoms with E-state index in [9.17, 15) is 0 Å². The molecule has 0 saturated heterocycles. The number of nitrogens with zero attached hydrogens (tertiary/aromatic N) is 1. The van der Waals surface area contributed by atoms with Crippen molar-refractivity contribution in [1.29, 1.82) is 0 Å². The summed E-state index contributed by atoms with van der Waals surface area (Å²) < 4.78 is 0. The van der Waals surface area contributed by atoms with Crippen LogP contribution in [0.5, 0.6) is 0 Å². The van der Waals surface area contributed by atoms with Crippen molar-refractivity contribution >= 4 is 10.8 Å². The Hall–Kier alpha value is -1.45. The molecule has 1 heterocycles. The van der Waals surface area contributed by atoms with Crippen LogP contribution in [0, 0.1) is 0 Å². The molecule has 72 valence electrons. The summed E-state index contributed by atoms with van der Waals surface area (Å²) in [4.78, 5) is 8.86. The number of fused-ring (bicyclic) bond motifs is 1. The number of rotatable bonds is 3. The predicted molar refractivity (Wildman–Crippen MR) is 55.6 cm³/mol. The Bertz CT molecular complexity index is 428. The van der Waals surface area contributed by atoms with Crippen molar-refractivity contribution in [3.05, 3.63) is 42.2 Å². The van der Waals surface area contributed by atoms with Crippen LogP contribution in [0.4, 0.5) is 0 Å². The molecule has 3 nitrogen and oxygen atoms in total. The van der Waals surface area contributed by atoms with Crippen LogP contribution in [0.3, 0.4) is 0 Å². The molecule has 2 aromatic rings. The van der Waals surface area contributed by atoms with E-state index in [1.165, 1.54) is 10.9 Å². The zero-order valence-electron chi connectivity index (χ0n) is 8.03. The van der Waals surface area contributed by atoms with Gasteiger partial charge >= 0.3 is 0 Å². The summed E-state index contributed by atoms with van der Waals surface area (Å²) in [5.74, 6) is 0. The van der Waals surface area contributed by atoms with Crippen LogP contribution in [0.2, 0.25) is 0 Å². The molecule has 1 aromatic carbocycles. The third-order valence-electron chi connectivity index (χ3n) is 2.13. The first kappa shape index (κ1) is 9.12. The second-order valence-corrected chi connectivity index (χ2v) is 3.08. The zero-order chi connectivity index (χ0) is 9.80. The molecule has 0 aliphatic rings. The predicted octanol–water partition coefficient (Wildman–Crippen LogP) is 1.89. The summed E-state index contributed by atoms with van der Waals surface area (Å²) in [6.45, 7) is 0.717. The van der Waals surface area contributed by atoms with Crippen molar-refractivity contribution in [2.45, 2.75) is 6.54 Å². The normalized spacial score (nSPS) is 10.6. The number of hydrogen-bond acceptors (Lipinski definition) is 3. The maximum Gasteiger partial charge on any atom is 0.0572 e. The van der Waals surface area contributed by atoms with Crippen LogP contribution in [-0.4, -0.2) is 12.1 Å². The van der Waals surface area contributed by atoms with Crippen LogP contribution < -0.4 is 5.48 Å². The summed E-state index contributed by atoms with van der Waals surface area (Å²) >= 11 is 0. The van der Waals surface area contributed by atoms with Gasteiger partial charge in [0.2, 0.25) is 0 Å². The van der Waals surface area contributed by atoms with Crippen LogP contribution in [0.25, 0.3) is 10.8 Å². The van der Waals surface area contributed by atoms with Gasteiger partial charge in [-0.3, -0.25) is 4.98 Å². The monoisotopic (exact) mass is 188 g/mol. The van der Waals surface area contributed by atoms with Gasteiger partial charge in [0, 0.05) is 24.3 Å². The van der Waals surface area contributed by atoms with Gasteiger partial charge in [-0.25, -0.2) is 0 Å². The Kier molecular flexibility index (Phi) is 2.72. The minimum absolute atomic E-state index is 0.717. The van der Waals surface area contributed by atoms with Gasteiger partial charge in [-0.05, 0) is 23.1 Å². The molecule has 0 radical (unpaired) electrons. The molecule has 1 aromatic heterocycles. The van der Waals surface area contributed by atoms with E-state index >= 15 is 0 Å². The smallest absolute Gasteiger partial charge is 0.0572 e. The SMILES string of the molecule is CONCc1ccc2cnccc2c1. The Morgan fingerprint density at radius 1 is 1.29 bits per heavy atom. The molecule has 0 aliphatic carbocycles. The summed E-state index contributed by atoms with van der Waals surface area (Å²) in [5, 5.41) is 2.36. The Balaban J connectivity index is 2.32. The highest BCUT2D eigenvalue weighted by Crippen LogP contribution is 2.14. The van der Waals surface area contributed by atoms with E-state index in [1.54, 1.807) is 13.3 Å². The third-order valence-corrected chi connectivity index (χ3v) is 2.13. The molecular weight excluding hydrogens is 176 g/mol. The molecule has 14 heavy (non-hydrogen) atoms. The molecule has 0 atom stereocenters. The van der Waals surface area contributed by atoms with E-state index in [1.807, 2.05) is 12.3 Å². The maximum absolute atomic E-state index is 4.80. The number of benzene rings is 1. The minimum atomic E-state index is 0.717. The van der Waals surface area contributed by atoms with E-state index in [2.05, 4.69) is 28.7 Å². The van der Waals surface area contributed by atoms with E-state index in [-0.39, 0.29) is 0 Å². The Morgan fingerprint density at radius 2 is 2.21 bits per heavy atom. The molecule has 0 spiro atoms. The molecule has 0 aliphatic heterocycles. The van der Waals surface area contributed by atoms with Crippen molar-refractivity contribution in [3.63, 3.8) is 0 Å². The number of pyridine rings is 1. The number of aromatic nitrogens is 1. The molecule has 0 saturated carbocycles. The van der Waals surface area contributed by atoms with Gasteiger partial charge in [0.15, 0.2) is 0 Å². The highest BCUT2D eigenvalue weighted by molar-refractivity contribution is 5.81. The largest absolute Gasteiger partial charge is 0.305 e. The van der Waals surface area contributed by atoms with Crippen molar-refractivity contribution in [2.24, 2.45) is 0 Å². The summed E-state index contributed by atoms with van der Waals surface area (Å²) in [7, 11) is 1.62. The Labute approximate surface area is 82.7 Å². The average Bonchev–Trinajstić information content (AvgIpc) is 2.26. The van der Waals surface area contributed by atoms with Gasteiger partial charge in [-0.1, -0.05) is 12.1 Å². The van der Waals surface area contributed by atoms with Crippen molar-refractivity contribution in [2.75, 3.05) is 7.11 Å². The van der Waals surface area contributed by atoms with Gasteiger partial charge in [0.1, 0.15) is 0 Å². The van der Waals surface area contributed by atoms with E-state index in [0.717, 1.165) is 11.9 Å². The van der Waals surface area contributed by atoms with Gasteiger partial charge in [-0.2, -0.15) is 5.48 Å². The first-order chi connectivity index (χ1) is 6.90. The van der Waals surface area contributed by atoms with E-state index in [0.29, 0.717) is 0 Å². The van der Waals surface area contributed by atoms with Gasteiger partial charge in [0.05, 0.1) is 7.11 Å². The van der Waals surface area contributed by atoms with E-state index < -0.39 is 0 Å². The first-order valence-corrected chi connectivity index (χ1v) is 4.48. The van der Waals surface area contributed by atoms with Crippen molar-refractivity contribution < 1.29 is 4.84 Å². The quantitative estimate of drug-likeness (QED) is 0.747. The summed E-state index contributed by atoms with van der Waals surface area (Å²) in [6, 6.07) is 8.26. The zero-order valence-corrected chi connectivity index (χ0v) is 8.03. The van der Waals surface area contributed by atoms with Gasteiger partial charge < -0.3 is 4.84 Å². The molecule has 2 rings (SSSR count). The highest BCUT2D eigenvalue weighted by Gasteiger charge is 1.95. The second kappa shape index (κ2) is 4.17. The molecule has 0 bridgehead atoms. The fourth-order valence-corrected chi connectivity index (χ4v) is 1.40. The molecule has 1 N–H and O–H groups in total. The topological polar surface area (TPSA) is 34.1 Å². The van der Waals surface area contributed by atoms with Crippen LogP contribution in [0.15, 0.2) is 36.7 Å². The van der Waals surface area contributed by atoms with Crippen molar-refractivity contribution in [3.8, 4) is 0 Å². The minimum Gasteiger partial charge on any atom is -0.305 e. The highest BCUT2D eigenvalue weighted by atomic mass is 16.6. The lowest BCUT2D eigenvalue weighted by Crippen LogP contribution is -2.10. The first-order valence-electron chi connectivity index (χ1n) is 4.48. The molecule has 0 fully saturated rings. The maximum atomic E-state index is 4.80. The van der Waals surface area contributed by atoms with Crippen molar-refractivity contribution in [1.82, 2.24) is 10.5 Å². The van der Waals surface area contributed by atoms with E-state index in [4.69, 9.17) is 4.84 Å². The van der Waals surface area contributed by atoms with Crippen LogP contribution in [-0.2, 0) is 11.4 Å². The Morgan fingerprint density at radius 3 is 3.07 bits per heavy atom. The summed E-state index contributed by atoms with van der Waals surface area (Å²) in [6.07, 6.45) is 3.67. The number of hydroxylamine groups is 1. The van der Waals surface area contributed by atoms with Gasteiger partial charge in [-0.15, -0.1) is 0 Å². The standard InChI is InChI=1S/C11H12N2O/c1-14-13-7-9-2-3-11-8-12-5-4-10(11)6-9/h2-6,8,13H,7H2,1H3. The van der Waals surface area contributed by atoms with Crippen LogP contribution >= 0.6 is 0 Å². The van der Waals surface area contributed by atoms with Gasteiger partial charge in [0.25, 0.3) is 0 Å². The fourth-order valence-electron chi connectivity index (χ4n) is 1.40. The second-order valence-electron chi connectivity index (χ2n) is 3.08. The third kappa shape index (κ3) is 1.89. The lowest BCUT2D eigenvalue weighted by Gasteiger charge is -2.03.